The van der Waals surface area contributed by atoms with Crippen molar-refractivity contribution in [3.05, 3.63) is 48.5 Å². The van der Waals surface area contributed by atoms with E-state index in [2.05, 4.69) is 0 Å². The Hall–Kier alpha value is -1.85. The second kappa shape index (κ2) is 4.20. The van der Waals surface area contributed by atoms with Gasteiger partial charge in [0, 0.05) is 0 Å². The van der Waals surface area contributed by atoms with Crippen LogP contribution in [-0.4, -0.2) is 13.5 Å². The van der Waals surface area contributed by atoms with Crippen molar-refractivity contribution in [2.24, 2.45) is 5.14 Å². The van der Waals surface area contributed by atoms with Crippen molar-refractivity contribution in [1.82, 2.24) is 0 Å². The topological polar surface area (TPSA) is 80.4 Å². The molecule has 2 aromatic rings. The van der Waals surface area contributed by atoms with Crippen LogP contribution < -0.4 is 5.14 Å². The number of phenolic OH excluding ortho intramolecular Hbond substituents is 1. The van der Waals surface area contributed by atoms with Crippen molar-refractivity contribution in [3.8, 4) is 16.9 Å². The lowest BCUT2D eigenvalue weighted by Gasteiger charge is -2.04. The molecule has 0 atom stereocenters. The second-order valence-electron chi connectivity index (χ2n) is 3.62. The summed E-state index contributed by atoms with van der Waals surface area (Å²) in [7, 11) is -3.71. The average molecular weight is 249 g/mol. The Morgan fingerprint density at radius 2 is 1.53 bits per heavy atom. The summed E-state index contributed by atoms with van der Waals surface area (Å²) in [5.74, 6) is 0.128. The van der Waals surface area contributed by atoms with Crippen LogP contribution in [0.2, 0.25) is 0 Å². The fourth-order valence-corrected chi connectivity index (χ4v) is 2.10. The van der Waals surface area contributed by atoms with Gasteiger partial charge in [-0.05, 0) is 35.4 Å². The zero-order valence-corrected chi connectivity index (χ0v) is 9.68. The molecule has 0 spiro atoms. The molecule has 0 aromatic heterocycles. The first-order valence-corrected chi connectivity index (χ1v) is 6.44. The number of rotatable bonds is 2. The van der Waals surface area contributed by atoms with Crippen molar-refractivity contribution in [2.45, 2.75) is 4.90 Å². The van der Waals surface area contributed by atoms with Crippen molar-refractivity contribution >= 4 is 10.0 Å². The molecule has 17 heavy (non-hydrogen) atoms. The number of primary sulfonamides is 1. The Kier molecular flexibility index (Phi) is 2.87. The third-order valence-electron chi connectivity index (χ3n) is 2.34. The van der Waals surface area contributed by atoms with E-state index in [1.54, 1.807) is 36.4 Å². The van der Waals surface area contributed by atoms with Gasteiger partial charge in [0.05, 0.1) is 4.90 Å². The predicted molar refractivity (Wildman–Crippen MR) is 64.9 cm³/mol. The molecule has 88 valence electrons. The van der Waals surface area contributed by atoms with Gasteiger partial charge in [-0.3, -0.25) is 0 Å². The maximum absolute atomic E-state index is 11.2. The molecule has 0 aliphatic carbocycles. The van der Waals surface area contributed by atoms with Gasteiger partial charge in [0.25, 0.3) is 0 Å². The van der Waals surface area contributed by atoms with E-state index in [-0.39, 0.29) is 10.6 Å². The van der Waals surface area contributed by atoms with Crippen LogP contribution in [0.15, 0.2) is 53.4 Å². The number of aromatic hydroxyl groups is 1. The molecule has 0 unspecified atom stereocenters. The van der Waals surface area contributed by atoms with Gasteiger partial charge in [-0.25, -0.2) is 13.6 Å². The smallest absolute Gasteiger partial charge is 0.238 e. The quantitative estimate of drug-likeness (QED) is 0.850. The Bertz CT molecular complexity index is 650. The van der Waals surface area contributed by atoms with E-state index < -0.39 is 10.0 Å². The number of benzene rings is 2. The second-order valence-corrected chi connectivity index (χ2v) is 5.18. The van der Waals surface area contributed by atoms with Gasteiger partial charge in [0.15, 0.2) is 0 Å². The van der Waals surface area contributed by atoms with Gasteiger partial charge in [-0.1, -0.05) is 24.3 Å². The minimum absolute atomic E-state index is 0.0540. The van der Waals surface area contributed by atoms with Crippen LogP contribution in [0.4, 0.5) is 0 Å². The van der Waals surface area contributed by atoms with Crippen LogP contribution >= 0.6 is 0 Å². The number of hydrogen-bond donors (Lipinski definition) is 2. The standard InChI is InChI=1S/C12H11NO3S/c13-17(15,16)12-6-2-4-10(8-12)9-3-1-5-11(14)7-9/h1-8,14H,(H2,13,15,16). The molecular weight excluding hydrogens is 238 g/mol. The minimum Gasteiger partial charge on any atom is -0.508 e. The van der Waals surface area contributed by atoms with Crippen LogP contribution in [0.3, 0.4) is 0 Å². The predicted octanol–water partition coefficient (Wildman–Crippen LogP) is 1.71. The lowest BCUT2D eigenvalue weighted by atomic mass is 10.1. The van der Waals surface area contributed by atoms with Gasteiger partial charge in [-0.15, -0.1) is 0 Å². The highest BCUT2D eigenvalue weighted by Gasteiger charge is 2.08. The van der Waals surface area contributed by atoms with Crippen LogP contribution in [-0.2, 0) is 10.0 Å². The normalized spacial score (nSPS) is 11.4. The van der Waals surface area contributed by atoms with Crippen molar-refractivity contribution in [2.75, 3.05) is 0 Å². The SMILES string of the molecule is NS(=O)(=O)c1cccc(-c2cccc(O)c2)c1. The summed E-state index contributed by atoms with van der Waals surface area (Å²) in [6.07, 6.45) is 0. The summed E-state index contributed by atoms with van der Waals surface area (Å²) >= 11 is 0. The number of nitrogens with two attached hydrogens (primary N) is 1. The molecule has 5 heteroatoms. The van der Waals surface area contributed by atoms with Crippen molar-refractivity contribution in [3.63, 3.8) is 0 Å². The Morgan fingerprint density at radius 1 is 0.941 bits per heavy atom. The highest BCUT2D eigenvalue weighted by atomic mass is 32.2. The molecule has 0 radical (unpaired) electrons. The highest BCUT2D eigenvalue weighted by Crippen LogP contribution is 2.24. The van der Waals surface area contributed by atoms with Crippen molar-refractivity contribution in [1.29, 1.82) is 0 Å². The summed E-state index contributed by atoms with van der Waals surface area (Å²) in [5, 5.41) is 14.4. The highest BCUT2D eigenvalue weighted by molar-refractivity contribution is 7.89. The summed E-state index contributed by atoms with van der Waals surface area (Å²) < 4.78 is 22.4. The monoisotopic (exact) mass is 249 g/mol. The van der Waals surface area contributed by atoms with Gasteiger partial charge in [-0.2, -0.15) is 0 Å². The molecular formula is C12H11NO3S. The summed E-state index contributed by atoms with van der Waals surface area (Å²) in [6.45, 7) is 0. The van der Waals surface area contributed by atoms with E-state index >= 15 is 0 Å². The molecule has 0 saturated heterocycles. The molecule has 3 N–H and O–H groups in total. The van der Waals surface area contributed by atoms with Crippen LogP contribution in [0, 0.1) is 0 Å². The Labute approximate surface area is 99.4 Å². The first kappa shape index (κ1) is 11.6. The molecule has 0 heterocycles. The van der Waals surface area contributed by atoms with Gasteiger partial charge >= 0.3 is 0 Å². The molecule has 0 saturated carbocycles. The third kappa shape index (κ3) is 2.64. The zero-order chi connectivity index (χ0) is 12.5. The van der Waals surface area contributed by atoms with Crippen molar-refractivity contribution < 1.29 is 13.5 Å². The van der Waals surface area contributed by atoms with E-state index in [0.29, 0.717) is 5.56 Å². The fourth-order valence-electron chi connectivity index (χ4n) is 1.54. The first-order chi connectivity index (χ1) is 7.97. The average Bonchev–Trinajstić information content (AvgIpc) is 2.28. The molecule has 2 aromatic carbocycles. The fraction of sp³-hybridized carbons (Fsp3) is 0. The van der Waals surface area contributed by atoms with E-state index in [0.717, 1.165) is 5.56 Å². The molecule has 4 nitrogen and oxygen atoms in total. The molecule has 0 aliphatic heterocycles. The maximum atomic E-state index is 11.2. The summed E-state index contributed by atoms with van der Waals surface area (Å²) in [5.41, 5.74) is 1.42. The zero-order valence-electron chi connectivity index (χ0n) is 8.87. The van der Waals surface area contributed by atoms with Crippen LogP contribution in [0.5, 0.6) is 5.75 Å². The van der Waals surface area contributed by atoms with E-state index in [1.165, 1.54) is 12.1 Å². The minimum atomic E-state index is -3.71. The van der Waals surface area contributed by atoms with E-state index in [4.69, 9.17) is 5.14 Å². The van der Waals surface area contributed by atoms with E-state index in [9.17, 15) is 13.5 Å². The lowest BCUT2D eigenvalue weighted by molar-refractivity contribution is 0.475. The molecule has 0 bridgehead atoms. The van der Waals surface area contributed by atoms with Crippen LogP contribution in [0.25, 0.3) is 11.1 Å². The molecule has 0 amide bonds. The lowest BCUT2D eigenvalue weighted by Crippen LogP contribution is -2.11. The Balaban J connectivity index is 2.54. The van der Waals surface area contributed by atoms with E-state index in [1.807, 2.05) is 0 Å². The van der Waals surface area contributed by atoms with Gasteiger partial charge < -0.3 is 5.11 Å². The molecule has 0 aliphatic rings. The largest absolute Gasteiger partial charge is 0.508 e. The van der Waals surface area contributed by atoms with Crippen LogP contribution in [0.1, 0.15) is 0 Å². The molecule has 0 fully saturated rings. The Morgan fingerprint density at radius 3 is 2.12 bits per heavy atom. The molecule has 2 rings (SSSR count). The first-order valence-electron chi connectivity index (χ1n) is 4.89. The third-order valence-corrected chi connectivity index (χ3v) is 3.25. The number of phenols is 1. The summed E-state index contributed by atoms with van der Waals surface area (Å²) in [4.78, 5) is 0.0540. The van der Waals surface area contributed by atoms with Gasteiger partial charge in [0.2, 0.25) is 10.0 Å². The van der Waals surface area contributed by atoms with Gasteiger partial charge in [0.1, 0.15) is 5.75 Å². The number of hydrogen-bond acceptors (Lipinski definition) is 3. The summed E-state index contributed by atoms with van der Waals surface area (Å²) in [6, 6.07) is 12.8. The maximum Gasteiger partial charge on any atom is 0.238 e. The number of sulfonamides is 1.